The highest BCUT2D eigenvalue weighted by Gasteiger charge is 2.36. The molecule has 0 aliphatic carbocycles. The predicted octanol–water partition coefficient (Wildman–Crippen LogP) is 4.52. The van der Waals surface area contributed by atoms with Gasteiger partial charge in [-0.25, -0.2) is 4.98 Å². The number of rotatable bonds is 17. The van der Waals surface area contributed by atoms with Gasteiger partial charge in [0.1, 0.15) is 22.8 Å². The molecule has 3 amide bonds. The second-order valence-corrected chi connectivity index (χ2v) is 14.7. The Bertz CT molecular complexity index is 1350. The van der Waals surface area contributed by atoms with E-state index in [-0.39, 0.29) is 54.3 Å². The zero-order valence-corrected chi connectivity index (χ0v) is 30.3. The molecule has 4 N–H and O–H groups in total. The first-order chi connectivity index (χ1) is 22.7. The number of amides is 3. The summed E-state index contributed by atoms with van der Waals surface area (Å²) in [5.41, 5.74) is 1.12. The molecule has 1 saturated heterocycles. The number of carbonyl (C=O) groups excluding carboxylic acids is 3. The number of piperidine rings is 1. The minimum absolute atomic E-state index is 0.0101. The number of hydrogen-bond donors (Lipinski definition) is 4. The van der Waals surface area contributed by atoms with Crippen molar-refractivity contribution in [3.8, 4) is 0 Å². The van der Waals surface area contributed by atoms with Crippen LogP contribution >= 0.6 is 11.3 Å². The van der Waals surface area contributed by atoms with Crippen LogP contribution < -0.4 is 10.6 Å². The molecule has 3 rings (SSSR count). The van der Waals surface area contributed by atoms with E-state index < -0.39 is 36.0 Å². The van der Waals surface area contributed by atoms with E-state index >= 15 is 0 Å². The third-order valence-electron chi connectivity index (χ3n) is 9.69. The van der Waals surface area contributed by atoms with Crippen molar-refractivity contribution in [2.24, 2.45) is 17.8 Å². The summed E-state index contributed by atoms with van der Waals surface area (Å²) in [6, 6.07) is 7.83. The molecule has 1 fully saturated rings. The quantitative estimate of drug-likeness (QED) is 0.190. The normalized spacial score (nSPS) is 19.1. The number of benzene rings is 1. The molecule has 11 nitrogen and oxygen atoms in total. The number of likely N-dealkylation sites (N-methyl/N-ethyl adjacent to an activating group) is 2. The van der Waals surface area contributed by atoms with Crippen molar-refractivity contribution in [3.63, 3.8) is 0 Å². The maximum absolute atomic E-state index is 14.0. The Hall–Kier alpha value is -3.35. The van der Waals surface area contributed by atoms with Crippen LogP contribution in [0.15, 0.2) is 35.7 Å². The highest BCUT2D eigenvalue weighted by atomic mass is 32.1. The molecule has 2 unspecified atom stereocenters. The standard InChI is InChI=1S/C36H55N5O6S/c1-8-23(4)31(39-33(44)28-16-12-13-17-40(28)6)35(45)41(7)29(22(2)3)20-30(42)34-38-27(21-48-34)32(43)37-26(18-24(5)36(46)47)19-25-14-10-9-11-15-25/h9-11,14-15,21-24,26,28-31,42H,8,12-13,16-20H2,1-7H3,(H,37,43)(H,39,44)(H,46,47)/t23?,24-,26?,28+,29+,30-,31-/m0/s1. The SMILES string of the molecule is CCC(C)[C@H](NC(=O)[C@H]1CCCCN1C)C(=O)N(C)[C@H](C[C@H](O)c1nc(C(=O)NC(Cc2ccccc2)C[C@H](C)C(=O)O)cs1)C(C)C. The Morgan fingerprint density at radius 3 is 2.35 bits per heavy atom. The number of carboxylic acid groups (broad SMARTS) is 1. The van der Waals surface area contributed by atoms with Crippen LogP contribution in [0.25, 0.3) is 0 Å². The van der Waals surface area contributed by atoms with Crippen LogP contribution in [0.3, 0.4) is 0 Å². The summed E-state index contributed by atoms with van der Waals surface area (Å²) in [5, 5.41) is 28.7. The van der Waals surface area contributed by atoms with Crippen molar-refractivity contribution in [1.82, 2.24) is 25.4 Å². The first kappa shape index (κ1) is 39.1. The van der Waals surface area contributed by atoms with Gasteiger partial charge in [0.25, 0.3) is 5.91 Å². The lowest BCUT2D eigenvalue weighted by molar-refractivity contribution is -0.141. The molecule has 266 valence electrons. The zero-order valence-electron chi connectivity index (χ0n) is 29.5. The van der Waals surface area contributed by atoms with E-state index in [1.54, 1.807) is 24.3 Å². The number of nitrogens with zero attached hydrogens (tertiary/aromatic N) is 3. The lowest BCUT2D eigenvalue weighted by atomic mass is 9.92. The zero-order chi connectivity index (χ0) is 35.5. The summed E-state index contributed by atoms with van der Waals surface area (Å²) in [6.07, 6.45) is 3.41. The fraction of sp³-hybridized carbons (Fsp3) is 0.639. The third-order valence-corrected chi connectivity index (χ3v) is 10.6. The molecule has 0 spiro atoms. The van der Waals surface area contributed by atoms with Gasteiger partial charge in [0.05, 0.1) is 12.0 Å². The minimum Gasteiger partial charge on any atom is -0.481 e. The molecule has 2 heterocycles. The number of nitrogens with one attached hydrogen (secondary N) is 2. The van der Waals surface area contributed by atoms with E-state index in [1.165, 1.54) is 11.3 Å². The van der Waals surface area contributed by atoms with Crippen LogP contribution in [-0.4, -0.2) is 93.5 Å². The first-order valence-electron chi connectivity index (χ1n) is 17.2. The lowest BCUT2D eigenvalue weighted by Crippen LogP contribution is -2.58. The Balaban J connectivity index is 1.70. The smallest absolute Gasteiger partial charge is 0.306 e. The van der Waals surface area contributed by atoms with E-state index in [0.717, 1.165) is 31.4 Å². The van der Waals surface area contributed by atoms with Crippen LogP contribution in [0.4, 0.5) is 0 Å². The molecule has 1 aliphatic rings. The molecule has 1 aromatic heterocycles. The fourth-order valence-electron chi connectivity index (χ4n) is 6.35. The van der Waals surface area contributed by atoms with Gasteiger partial charge in [-0.2, -0.15) is 0 Å². The Kier molecular flexibility index (Phi) is 15.0. The van der Waals surface area contributed by atoms with E-state index in [9.17, 15) is 29.4 Å². The van der Waals surface area contributed by atoms with Crippen LogP contribution in [0.5, 0.6) is 0 Å². The lowest BCUT2D eigenvalue weighted by Gasteiger charge is -2.38. The average molecular weight is 686 g/mol. The summed E-state index contributed by atoms with van der Waals surface area (Å²) in [5.74, 6) is -2.43. The van der Waals surface area contributed by atoms with Crippen molar-refractivity contribution in [3.05, 3.63) is 52.0 Å². The molecule has 0 radical (unpaired) electrons. The highest BCUT2D eigenvalue weighted by Crippen LogP contribution is 2.28. The topological polar surface area (TPSA) is 152 Å². The number of aromatic nitrogens is 1. The van der Waals surface area contributed by atoms with E-state index in [1.807, 2.05) is 65.1 Å². The van der Waals surface area contributed by atoms with Crippen LogP contribution in [0.2, 0.25) is 0 Å². The maximum atomic E-state index is 14.0. The Morgan fingerprint density at radius 2 is 1.75 bits per heavy atom. The second-order valence-electron chi connectivity index (χ2n) is 13.8. The average Bonchev–Trinajstić information content (AvgIpc) is 3.56. The minimum atomic E-state index is -1.03. The number of thiazole rings is 1. The van der Waals surface area contributed by atoms with Gasteiger partial charge in [-0.05, 0) is 56.7 Å². The molecule has 1 aliphatic heterocycles. The molecule has 12 heteroatoms. The van der Waals surface area contributed by atoms with Gasteiger partial charge in [-0.1, -0.05) is 77.8 Å². The van der Waals surface area contributed by atoms with Crippen molar-refractivity contribution in [2.45, 2.75) is 110 Å². The molecule has 7 atom stereocenters. The van der Waals surface area contributed by atoms with Crippen molar-refractivity contribution >= 4 is 35.0 Å². The van der Waals surface area contributed by atoms with Gasteiger partial charge in [0.15, 0.2) is 0 Å². The summed E-state index contributed by atoms with van der Waals surface area (Å²) < 4.78 is 0. The molecule has 0 saturated carbocycles. The summed E-state index contributed by atoms with van der Waals surface area (Å²) in [4.78, 5) is 60.2. The van der Waals surface area contributed by atoms with Gasteiger partial charge in [0.2, 0.25) is 11.8 Å². The van der Waals surface area contributed by atoms with Crippen molar-refractivity contribution in [2.75, 3.05) is 20.6 Å². The number of carbonyl (C=O) groups is 4. The molecular weight excluding hydrogens is 630 g/mol. The van der Waals surface area contributed by atoms with E-state index in [2.05, 4.69) is 20.5 Å². The van der Waals surface area contributed by atoms with E-state index in [0.29, 0.717) is 17.8 Å². The number of hydrogen-bond acceptors (Lipinski definition) is 8. The first-order valence-corrected chi connectivity index (χ1v) is 18.1. The Morgan fingerprint density at radius 1 is 1.06 bits per heavy atom. The Labute approximate surface area is 289 Å². The predicted molar refractivity (Wildman–Crippen MR) is 188 cm³/mol. The van der Waals surface area contributed by atoms with Crippen molar-refractivity contribution < 1.29 is 29.4 Å². The number of likely N-dealkylation sites (tertiary alicyclic amines) is 1. The van der Waals surface area contributed by atoms with Gasteiger partial charge in [0, 0.05) is 30.9 Å². The van der Waals surface area contributed by atoms with Crippen molar-refractivity contribution in [1.29, 1.82) is 0 Å². The maximum Gasteiger partial charge on any atom is 0.306 e. The second kappa shape index (κ2) is 18.4. The van der Waals surface area contributed by atoms with Gasteiger partial charge in [-0.3, -0.25) is 24.1 Å². The number of aliphatic hydroxyl groups excluding tert-OH is 1. The highest BCUT2D eigenvalue weighted by molar-refractivity contribution is 7.09. The number of carboxylic acids is 1. The third kappa shape index (κ3) is 10.8. The summed E-state index contributed by atoms with van der Waals surface area (Å²) >= 11 is 1.17. The molecule has 48 heavy (non-hydrogen) atoms. The number of aliphatic carboxylic acids is 1. The molecular formula is C36H55N5O6S. The van der Waals surface area contributed by atoms with Gasteiger partial charge in [-0.15, -0.1) is 11.3 Å². The molecule has 0 bridgehead atoms. The van der Waals surface area contributed by atoms with Crippen LogP contribution in [0, 0.1) is 17.8 Å². The monoisotopic (exact) mass is 685 g/mol. The van der Waals surface area contributed by atoms with Crippen LogP contribution in [-0.2, 0) is 20.8 Å². The number of aliphatic hydroxyl groups is 1. The molecule has 2 aromatic rings. The van der Waals surface area contributed by atoms with Gasteiger partial charge < -0.3 is 25.7 Å². The fourth-order valence-corrected chi connectivity index (χ4v) is 7.15. The summed E-state index contributed by atoms with van der Waals surface area (Å²) in [7, 11) is 3.67. The van der Waals surface area contributed by atoms with Gasteiger partial charge >= 0.3 is 5.97 Å². The summed E-state index contributed by atoms with van der Waals surface area (Å²) in [6.45, 7) is 10.4. The van der Waals surface area contributed by atoms with Crippen LogP contribution in [0.1, 0.15) is 100 Å². The molecule has 1 aromatic carbocycles. The largest absolute Gasteiger partial charge is 0.481 e. The van der Waals surface area contributed by atoms with E-state index in [4.69, 9.17) is 0 Å².